The molecule has 2 radical (unpaired) electrons. The lowest BCUT2D eigenvalue weighted by Gasteiger charge is -2.11. The fourth-order valence-corrected chi connectivity index (χ4v) is 1.20. The first-order valence-electron chi connectivity index (χ1n) is 3.15. The number of hydrogen-bond donors (Lipinski definition) is 1. The molecule has 1 aliphatic rings. The van der Waals surface area contributed by atoms with E-state index in [9.17, 15) is 5.11 Å². The standard InChI is InChI=1S/C5H10BO3P/c6-5-1-3(7)4(9-5)2-8-10/h3-5,7H,1-2,10H2/t3-,4-,5-/m0/s1. The minimum atomic E-state index is -0.476. The number of aliphatic hydroxyl groups is 1. The van der Waals surface area contributed by atoms with Crippen molar-refractivity contribution < 1.29 is 14.4 Å². The Kier molecular flexibility index (Phi) is 3.11. The summed E-state index contributed by atoms with van der Waals surface area (Å²) in [4.78, 5) is 0. The van der Waals surface area contributed by atoms with Gasteiger partial charge in [-0.25, -0.2) is 0 Å². The summed E-state index contributed by atoms with van der Waals surface area (Å²) in [5.74, 6) is 0. The van der Waals surface area contributed by atoms with Crippen molar-refractivity contribution >= 4 is 17.3 Å². The molecule has 1 fully saturated rings. The summed E-state index contributed by atoms with van der Waals surface area (Å²) in [7, 11) is 7.51. The van der Waals surface area contributed by atoms with E-state index in [0.717, 1.165) is 0 Å². The summed E-state index contributed by atoms with van der Waals surface area (Å²) >= 11 is 0. The largest absolute Gasteiger partial charge is 0.390 e. The van der Waals surface area contributed by atoms with Gasteiger partial charge in [-0.1, -0.05) is 0 Å². The molecule has 3 nitrogen and oxygen atoms in total. The van der Waals surface area contributed by atoms with E-state index in [2.05, 4.69) is 9.47 Å². The van der Waals surface area contributed by atoms with Crippen molar-refractivity contribution in [2.45, 2.75) is 24.6 Å². The van der Waals surface area contributed by atoms with Crippen molar-refractivity contribution in [3.8, 4) is 0 Å². The summed E-state index contributed by atoms with van der Waals surface area (Å²) in [6.45, 7) is 0.375. The molecule has 1 unspecified atom stereocenters. The monoisotopic (exact) mass is 160 g/mol. The number of aliphatic hydroxyl groups excluding tert-OH is 1. The second-order valence-electron chi connectivity index (χ2n) is 2.35. The first-order valence-corrected chi connectivity index (χ1v) is 3.62. The van der Waals surface area contributed by atoms with Gasteiger partial charge in [0.25, 0.3) is 0 Å². The van der Waals surface area contributed by atoms with Gasteiger partial charge in [-0.05, 0) is 6.42 Å². The van der Waals surface area contributed by atoms with Crippen LogP contribution in [0.5, 0.6) is 0 Å². The van der Waals surface area contributed by atoms with Crippen LogP contribution < -0.4 is 0 Å². The molecule has 0 aromatic carbocycles. The Morgan fingerprint density at radius 1 is 1.80 bits per heavy atom. The predicted octanol–water partition coefficient (Wildman–Crippen LogP) is -0.562. The molecule has 56 valence electrons. The second-order valence-corrected chi connectivity index (χ2v) is 2.68. The predicted molar refractivity (Wildman–Crippen MR) is 40.7 cm³/mol. The third-order valence-corrected chi connectivity index (χ3v) is 1.71. The maximum absolute atomic E-state index is 9.20. The average Bonchev–Trinajstić information content (AvgIpc) is 2.13. The molecule has 0 saturated carbocycles. The molecule has 0 aromatic rings. The van der Waals surface area contributed by atoms with Crippen LogP contribution in [-0.2, 0) is 9.26 Å². The highest BCUT2D eigenvalue weighted by Gasteiger charge is 2.30. The first-order chi connectivity index (χ1) is 4.74. The highest BCUT2D eigenvalue weighted by Crippen LogP contribution is 2.18. The zero-order valence-electron chi connectivity index (χ0n) is 5.56. The molecule has 0 bridgehead atoms. The SMILES string of the molecule is [B][C@@H]1C[C@H](O)[C@H](COP)O1. The quantitative estimate of drug-likeness (QED) is 0.434. The van der Waals surface area contributed by atoms with Gasteiger partial charge in [0, 0.05) is 15.5 Å². The van der Waals surface area contributed by atoms with Gasteiger partial charge in [-0.2, -0.15) is 0 Å². The van der Waals surface area contributed by atoms with Gasteiger partial charge in [0.15, 0.2) is 0 Å². The topological polar surface area (TPSA) is 38.7 Å². The van der Waals surface area contributed by atoms with Gasteiger partial charge in [0.2, 0.25) is 0 Å². The van der Waals surface area contributed by atoms with Crippen molar-refractivity contribution in [1.82, 2.24) is 0 Å². The highest BCUT2D eigenvalue weighted by atomic mass is 31.0. The summed E-state index contributed by atoms with van der Waals surface area (Å²) in [6.07, 6.45) is -0.235. The van der Waals surface area contributed by atoms with E-state index in [0.29, 0.717) is 13.0 Å². The summed E-state index contributed by atoms with van der Waals surface area (Å²) in [5.41, 5.74) is 0. The van der Waals surface area contributed by atoms with E-state index >= 15 is 0 Å². The lowest BCUT2D eigenvalue weighted by Crippen LogP contribution is -2.24. The Balaban J connectivity index is 2.31. The van der Waals surface area contributed by atoms with Gasteiger partial charge in [0.1, 0.15) is 14.0 Å². The normalized spacial score (nSPS) is 40.4. The lowest BCUT2D eigenvalue weighted by molar-refractivity contribution is 0.00671. The average molecular weight is 160 g/mol. The van der Waals surface area contributed by atoms with E-state index < -0.39 is 6.10 Å². The molecule has 1 aliphatic heterocycles. The maximum Gasteiger partial charge on any atom is 0.109 e. The van der Waals surface area contributed by atoms with Crippen LogP contribution in [0.1, 0.15) is 6.42 Å². The third kappa shape index (κ3) is 1.93. The molecule has 0 amide bonds. The van der Waals surface area contributed by atoms with Crippen LogP contribution in [0, 0.1) is 0 Å². The van der Waals surface area contributed by atoms with Gasteiger partial charge in [-0.3, -0.25) is 0 Å². The minimum Gasteiger partial charge on any atom is -0.390 e. The minimum absolute atomic E-state index is 0.257. The van der Waals surface area contributed by atoms with Crippen molar-refractivity contribution in [2.24, 2.45) is 0 Å². The van der Waals surface area contributed by atoms with Crippen LogP contribution in [0.25, 0.3) is 0 Å². The summed E-state index contributed by atoms with van der Waals surface area (Å²) in [5, 5.41) is 9.20. The fourth-order valence-electron chi connectivity index (χ4n) is 1.01. The molecule has 1 heterocycles. The Labute approximate surface area is 63.8 Å². The van der Waals surface area contributed by atoms with Crippen molar-refractivity contribution in [2.75, 3.05) is 6.61 Å². The van der Waals surface area contributed by atoms with Crippen LogP contribution in [0.15, 0.2) is 0 Å². The maximum atomic E-state index is 9.20. The van der Waals surface area contributed by atoms with Crippen LogP contribution in [0.2, 0.25) is 0 Å². The molecule has 0 spiro atoms. The van der Waals surface area contributed by atoms with E-state index in [1.54, 1.807) is 0 Å². The number of ether oxygens (including phenoxy) is 1. The Morgan fingerprint density at radius 2 is 2.50 bits per heavy atom. The zero-order chi connectivity index (χ0) is 7.56. The second kappa shape index (κ2) is 3.68. The smallest absolute Gasteiger partial charge is 0.109 e. The van der Waals surface area contributed by atoms with Crippen LogP contribution >= 0.6 is 9.47 Å². The molecule has 1 N–H and O–H groups in total. The molecule has 10 heavy (non-hydrogen) atoms. The van der Waals surface area contributed by atoms with Gasteiger partial charge in [0.05, 0.1) is 12.7 Å². The molecular weight excluding hydrogens is 150 g/mol. The highest BCUT2D eigenvalue weighted by molar-refractivity contribution is 7.09. The number of rotatable bonds is 2. The molecule has 0 aromatic heterocycles. The molecule has 1 saturated heterocycles. The van der Waals surface area contributed by atoms with Crippen LogP contribution in [0.4, 0.5) is 0 Å². The van der Waals surface area contributed by atoms with Gasteiger partial charge >= 0.3 is 0 Å². The van der Waals surface area contributed by atoms with Crippen molar-refractivity contribution in [3.63, 3.8) is 0 Å². The Hall–Kier alpha value is 0.375. The van der Waals surface area contributed by atoms with E-state index in [1.165, 1.54) is 0 Å². The molecule has 4 atom stereocenters. The van der Waals surface area contributed by atoms with E-state index in [4.69, 9.17) is 17.1 Å². The first kappa shape index (κ1) is 8.47. The molecule has 5 heteroatoms. The van der Waals surface area contributed by atoms with Gasteiger partial charge in [-0.15, -0.1) is 0 Å². The van der Waals surface area contributed by atoms with Crippen molar-refractivity contribution in [3.05, 3.63) is 0 Å². The lowest BCUT2D eigenvalue weighted by atomic mass is 9.96. The summed E-state index contributed by atoms with van der Waals surface area (Å²) < 4.78 is 9.82. The van der Waals surface area contributed by atoms with Gasteiger partial charge < -0.3 is 14.4 Å². The molecule has 0 aliphatic carbocycles. The Morgan fingerprint density at radius 3 is 2.90 bits per heavy atom. The zero-order valence-corrected chi connectivity index (χ0v) is 6.72. The van der Waals surface area contributed by atoms with E-state index in [-0.39, 0.29) is 12.1 Å². The Bertz CT molecular complexity index is 113. The van der Waals surface area contributed by atoms with Crippen LogP contribution in [0.3, 0.4) is 0 Å². The van der Waals surface area contributed by atoms with Crippen LogP contribution in [-0.4, -0.2) is 37.8 Å². The molecular formula is C5H10BO3P. The third-order valence-electron chi connectivity index (χ3n) is 1.51. The van der Waals surface area contributed by atoms with E-state index in [1.807, 2.05) is 0 Å². The van der Waals surface area contributed by atoms with Crippen molar-refractivity contribution in [1.29, 1.82) is 0 Å². The number of hydrogen-bond acceptors (Lipinski definition) is 3. The molecule has 1 rings (SSSR count). The summed E-state index contributed by atoms with van der Waals surface area (Å²) in [6, 6.07) is -0.333. The fraction of sp³-hybridized carbons (Fsp3) is 1.00.